The second kappa shape index (κ2) is 2.98. The van der Waals surface area contributed by atoms with E-state index in [1.54, 1.807) is 4.90 Å². The molecule has 0 aromatic rings. The normalized spacial score (nSPS) is 29.2. The van der Waals surface area contributed by atoms with Crippen LogP contribution in [0.3, 0.4) is 0 Å². The number of hydrogen-bond acceptors (Lipinski definition) is 2. The van der Waals surface area contributed by atoms with Gasteiger partial charge < -0.3 is 0 Å². The number of alkyl halides is 2. The minimum atomic E-state index is -2.68. The molecule has 1 aliphatic rings. The van der Waals surface area contributed by atoms with Crippen molar-refractivity contribution >= 4 is 0 Å². The molecule has 1 fully saturated rings. The lowest BCUT2D eigenvalue weighted by molar-refractivity contribution is 0.00919. The summed E-state index contributed by atoms with van der Waals surface area (Å²) in [4.78, 5) is 1.54. The highest BCUT2D eigenvalue weighted by Crippen LogP contribution is 2.32. The number of likely N-dealkylation sites (tertiary alicyclic amines) is 1. The molecule has 0 amide bonds. The smallest absolute Gasteiger partial charge is 0.263 e. The van der Waals surface area contributed by atoms with Gasteiger partial charge in [-0.25, -0.2) is 8.78 Å². The van der Waals surface area contributed by atoms with E-state index in [1.807, 2.05) is 19.9 Å². The van der Waals surface area contributed by atoms with Crippen LogP contribution in [0.25, 0.3) is 0 Å². The van der Waals surface area contributed by atoms with E-state index < -0.39 is 12.0 Å². The first kappa shape index (κ1) is 9.40. The summed E-state index contributed by atoms with van der Waals surface area (Å²) < 4.78 is 25.6. The molecular formula is C8H12F2N2. The Hall–Kier alpha value is -0.690. The van der Waals surface area contributed by atoms with Gasteiger partial charge in [0.25, 0.3) is 5.92 Å². The highest BCUT2D eigenvalue weighted by molar-refractivity contribution is 5.03. The summed E-state index contributed by atoms with van der Waals surface area (Å²) in [7, 11) is 0. The van der Waals surface area contributed by atoms with Gasteiger partial charge in [-0.05, 0) is 13.8 Å². The van der Waals surface area contributed by atoms with E-state index in [0.29, 0.717) is 0 Å². The molecule has 4 heteroatoms. The maximum Gasteiger partial charge on any atom is 0.263 e. The fourth-order valence-electron chi connectivity index (χ4n) is 1.50. The van der Waals surface area contributed by atoms with E-state index in [0.717, 1.165) is 0 Å². The average molecular weight is 174 g/mol. The van der Waals surface area contributed by atoms with Gasteiger partial charge >= 0.3 is 0 Å². The van der Waals surface area contributed by atoms with E-state index in [-0.39, 0.29) is 19.0 Å². The minimum absolute atomic E-state index is 0.0167. The molecule has 2 nitrogen and oxygen atoms in total. The fourth-order valence-corrected chi connectivity index (χ4v) is 1.50. The zero-order valence-electron chi connectivity index (χ0n) is 7.22. The van der Waals surface area contributed by atoms with Gasteiger partial charge in [0.2, 0.25) is 0 Å². The Kier molecular flexibility index (Phi) is 2.34. The summed E-state index contributed by atoms with van der Waals surface area (Å²) in [6.07, 6.45) is -0.318. The first-order valence-electron chi connectivity index (χ1n) is 3.99. The second-order valence-electron chi connectivity index (χ2n) is 3.47. The van der Waals surface area contributed by atoms with Crippen LogP contribution in [0.5, 0.6) is 0 Å². The molecule has 0 spiro atoms. The molecule has 1 heterocycles. The van der Waals surface area contributed by atoms with Crippen LogP contribution in [0.15, 0.2) is 0 Å². The number of rotatable bonds is 1. The molecule has 12 heavy (non-hydrogen) atoms. The van der Waals surface area contributed by atoms with E-state index >= 15 is 0 Å². The highest BCUT2D eigenvalue weighted by atomic mass is 19.3. The standard InChI is InChI=1S/C8H12F2N2/c1-6(2)12-5-8(9,10)3-7(12)4-11/h6-7H,3,5H2,1-2H3/t7-/m0/s1. The van der Waals surface area contributed by atoms with Gasteiger partial charge in [0.15, 0.2) is 0 Å². The Morgan fingerprint density at radius 1 is 1.58 bits per heavy atom. The molecule has 1 aliphatic heterocycles. The van der Waals surface area contributed by atoms with Crippen LogP contribution in [0.4, 0.5) is 8.78 Å². The van der Waals surface area contributed by atoms with E-state index in [9.17, 15) is 8.78 Å². The lowest BCUT2D eigenvalue weighted by atomic mass is 10.2. The summed E-state index contributed by atoms with van der Waals surface area (Å²) in [5.74, 6) is -2.68. The molecule has 0 radical (unpaired) electrons. The molecule has 1 rings (SSSR count). The molecule has 1 saturated heterocycles. The van der Waals surface area contributed by atoms with Crippen LogP contribution in [-0.2, 0) is 0 Å². The molecule has 0 N–H and O–H groups in total. The van der Waals surface area contributed by atoms with Crippen molar-refractivity contribution in [1.82, 2.24) is 4.90 Å². The Morgan fingerprint density at radius 3 is 2.50 bits per heavy atom. The zero-order valence-corrected chi connectivity index (χ0v) is 7.22. The summed E-state index contributed by atoms with van der Waals surface area (Å²) >= 11 is 0. The zero-order chi connectivity index (χ0) is 9.35. The first-order chi connectivity index (χ1) is 5.46. The quantitative estimate of drug-likeness (QED) is 0.604. The third-order valence-electron chi connectivity index (χ3n) is 2.12. The van der Waals surface area contributed by atoms with Crippen LogP contribution >= 0.6 is 0 Å². The molecule has 0 bridgehead atoms. The number of nitrogens with zero attached hydrogens (tertiary/aromatic N) is 2. The van der Waals surface area contributed by atoms with Crippen molar-refractivity contribution in [3.8, 4) is 6.07 Å². The number of nitriles is 1. The summed E-state index contributed by atoms with van der Waals surface area (Å²) in [6.45, 7) is 3.38. The van der Waals surface area contributed by atoms with E-state index in [4.69, 9.17) is 5.26 Å². The molecule has 0 aromatic carbocycles. The van der Waals surface area contributed by atoms with Gasteiger partial charge in [-0.3, -0.25) is 4.90 Å². The Morgan fingerprint density at radius 2 is 2.17 bits per heavy atom. The molecule has 1 atom stereocenters. The van der Waals surface area contributed by atoms with Gasteiger partial charge in [-0.2, -0.15) is 5.26 Å². The summed E-state index contributed by atoms with van der Waals surface area (Å²) in [6, 6.07) is 1.30. The minimum Gasteiger partial charge on any atom is -0.279 e. The third-order valence-corrected chi connectivity index (χ3v) is 2.12. The van der Waals surface area contributed by atoms with E-state index in [2.05, 4.69) is 0 Å². The van der Waals surface area contributed by atoms with Crippen molar-refractivity contribution in [2.75, 3.05) is 6.54 Å². The predicted octanol–water partition coefficient (Wildman–Crippen LogP) is 1.63. The number of halogens is 2. The first-order valence-corrected chi connectivity index (χ1v) is 3.99. The topological polar surface area (TPSA) is 27.0 Å². The van der Waals surface area contributed by atoms with Gasteiger partial charge in [-0.1, -0.05) is 0 Å². The molecule has 0 aromatic heterocycles. The van der Waals surface area contributed by atoms with Crippen LogP contribution in [0, 0.1) is 11.3 Å². The Balaban J connectivity index is 2.71. The van der Waals surface area contributed by atoms with Gasteiger partial charge in [0.05, 0.1) is 12.6 Å². The van der Waals surface area contributed by atoms with Crippen LogP contribution < -0.4 is 0 Å². The van der Waals surface area contributed by atoms with Crippen LogP contribution in [0.2, 0.25) is 0 Å². The van der Waals surface area contributed by atoms with Crippen molar-refractivity contribution in [2.24, 2.45) is 0 Å². The highest BCUT2D eigenvalue weighted by Gasteiger charge is 2.45. The molecule has 0 unspecified atom stereocenters. The Bertz CT molecular complexity index is 208. The third kappa shape index (κ3) is 1.72. The largest absolute Gasteiger partial charge is 0.279 e. The van der Waals surface area contributed by atoms with Crippen LogP contribution in [-0.4, -0.2) is 29.5 Å². The maximum absolute atomic E-state index is 12.8. The van der Waals surface area contributed by atoms with Crippen molar-refractivity contribution in [2.45, 2.75) is 38.3 Å². The van der Waals surface area contributed by atoms with Crippen molar-refractivity contribution in [3.63, 3.8) is 0 Å². The SMILES string of the molecule is CC(C)N1CC(F)(F)C[C@H]1C#N. The molecular weight excluding hydrogens is 162 g/mol. The molecule has 0 saturated carbocycles. The lowest BCUT2D eigenvalue weighted by Gasteiger charge is -2.22. The lowest BCUT2D eigenvalue weighted by Crippen LogP contribution is -2.35. The number of hydrogen-bond donors (Lipinski definition) is 0. The molecule has 0 aliphatic carbocycles. The van der Waals surface area contributed by atoms with Crippen LogP contribution in [0.1, 0.15) is 20.3 Å². The predicted molar refractivity (Wildman–Crippen MR) is 40.8 cm³/mol. The summed E-state index contributed by atoms with van der Waals surface area (Å²) in [5, 5.41) is 8.59. The van der Waals surface area contributed by atoms with E-state index in [1.165, 1.54) is 0 Å². The van der Waals surface area contributed by atoms with Crippen molar-refractivity contribution in [1.29, 1.82) is 5.26 Å². The van der Waals surface area contributed by atoms with Gasteiger partial charge in [0, 0.05) is 12.5 Å². The van der Waals surface area contributed by atoms with Gasteiger partial charge in [0.1, 0.15) is 6.04 Å². The maximum atomic E-state index is 12.8. The monoisotopic (exact) mass is 174 g/mol. The van der Waals surface area contributed by atoms with Gasteiger partial charge in [-0.15, -0.1) is 0 Å². The molecule has 68 valence electrons. The van der Waals surface area contributed by atoms with Crippen molar-refractivity contribution < 1.29 is 8.78 Å². The Labute approximate surface area is 70.8 Å². The fraction of sp³-hybridized carbons (Fsp3) is 0.875. The average Bonchev–Trinajstić information content (AvgIpc) is 2.25. The van der Waals surface area contributed by atoms with Crippen molar-refractivity contribution in [3.05, 3.63) is 0 Å². The summed E-state index contributed by atoms with van der Waals surface area (Å²) in [5.41, 5.74) is 0. The second-order valence-corrected chi connectivity index (χ2v) is 3.47.